The van der Waals surface area contributed by atoms with Gasteiger partial charge in [-0.15, -0.1) is 0 Å². The zero-order chi connectivity index (χ0) is 22.5. The second-order valence-corrected chi connectivity index (χ2v) is 7.20. The summed E-state index contributed by atoms with van der Waals surface area (Å²) in [5, 5.41) is 2.85. The summed E-state index contributed by atoms with van der Waals surface area (Å²) < 4.78 is 17.0. The summed E-state index contributed by atoms with van der Waals surface area (Å²) in [5.74, 6) is 1.83. The summed E-state index contributed by atoms with van der Waals surface area (Å²) in [4.78, 5) is 26.9. The number of ether oxygens (including phenoxy) is 3. The first kappa shape index (κ1) is 21.2. The zero-order valence-electron chi connectivity index (χ0n) is 17.9. The van der Waals surface area contributed by atoms with Crippen LogP contribution in [0, 0.1) is 0 Å². The molecule has 0 aromatic heterocycles. The molecular formula is C25H24N2O5. The van der Waals surface area contributed by atoms with Crippen LogP contribution in [0.15, 0.2) is 72.8 Å². The maximum Gasteiger partial charge on any atom is 0.268 e. The van der Waals surface area contributed by atoms with Gasteiger partial charge in [0.05, 0.1) is 18.0 Å². The molecule has 164 valence electrons. The summed E-state index contributed by atoms with van der Waals surface area (Å²) in [6, 6.07) is 21.6. The Hall–Kier alpha value is -4.00. The molecule has 4 rings (SSSR count). The number of fused-ring (bicyclic) bond motifs is 1. The fraction of sp³-hybridized carbons (Fsp3) is 0.200. The van der Waals surface area contributed by atoms with E-state index in [1.165, 1.54) is 4.90 Å². The van der Waals surface area contributed by atoms with Crippen LogP contribution in [0.1, 0.15) is 13.8 Å². The number of rotatable bonds is 7. The van der Waals surface area contributed by atoms with Gasteiger partial charge in [-0.25, -0.2) is 0 Å². The quantitative estimate of drug-likeness (QED) is 0.589. The number of carbonyl (C=O) groups is 2. The Kier molecular flexibility index (Phi) is 6.26. The fourth-order valence-electron chi connectivity index (χ4n) is 3.41. The van der Waals surface area contributed by atoms with E-state index in [9.17, 15) is 9.59 Å². The summed E-state index contributed by atoms with van der Waals surface area (Å²) in [6.07, 6.45) is -0.659. The molecule has 1 aliphatic heterocycles. The van der Waals surface area contributed by atoms with Crippen LogP contribution >= 0.6 is 0 Å². The maximum atomic E-state index is 12.8. The molecule has 0 saturated heterocycles. The topological polar surface area (TPSA) is 77.1 Å². The third-order valence-electron chi connectivity index (χ3n) is 4.90. The molecule has 7 nitrogen and oxygen atoms in total. The molecule has 3 aromatic rings. The molecule has 1 atom stereocenters. The van der Waals surface area contributed by atoms with E-state index in [0.29, 0.717) is 35.2 Å². The highest BCUT2D eigenvalue weighted by Crippen LogP contribution is 2.34. The predicted molar refractivity (Wildman–Crippen MR) is 122 cm³/mol. The molecule has 0 fully saturated rings. The molecule has 3 aromatic carbocycles. The molecule has 1 aliphatic rings. The van der Waals surface area contributed by atoms with Gasteiger partial charge in [-0.1, -0.05) is 24.3 Å². The normalized spacial score (nSPS) is 14.9. The van der Waals surface area contributed by atoms with Gasteiger partial charge < -0.3 is 19.5 Å². The lowest BCUT2D eigenvalue weighted by Gasteiger charge is -2.32. The molecule has 0 saturated carbocycles. The molecule has 0 radical (unpaired) electrons. The number of amides is 2. The van der Waals surface area contributed by atoms with Crippen LogP contribution in [0.5, 0.6) is 23.0 Å². The van der Waals surface area contributed by atoms with E-state index >= 15 is 0 Å². The van der Waals surface area contributed by atoms with E-state index in [4.69, 9.17) is 14.2 Å². The molecule has 1 unspecified atom stereocenters. The van der Waals surface area contributed by atoms with E-state index in [-0.39, 0.29) is 18.4 Å². The van der Waals surface area contributed by atoms with Crippen LogP contribution in [0.4, 0.5) is 11.4 Å². The Morgan fingerprint density at radius 3 is 2.47 bits per heavy atom. The summed E-state index contributed by atoms with van der Waals surface area (Å²) in [5.41, 5.74) is 1.08. The van der Waals surface area contributed by atoms with Gasteiger partial charge in [-0.05, 0) is 62.4 Å². The lowest BCUT2D eigenvalue weighted by molar-refractivity contribution is -0.127. The molecule has 32 heavy (non-hydrogen) atoms. The minimum absolute atomic E-state index is 0.138. The van der Waals surface area contributed by atoms with Crippen molar-refractivity contribution < 1.29 is 23.8 Å². The van der Waals surface area contributed by atoms with Crippen molar-refractivity contribution in [3.8, 4) is 23.0 Å². The Bertz CT molecular complexity index is 1110. The van der Waals surface area contributed by atoms with Crippen molar-refractivity contribution in [1.82, 2.24) is 0 Å². The minimum Gasteiger partial charge on any atom is -0.494 e. The maximum absolute atomic E-state index is 12.8. The fourth-order valence-corrected chi connectivity index (χ4v) is 3.41. The van der Waals surface area contributed by atoms with Crippen molar-refractivity contribution in [3.63, 3.8) is 0 Å². The van der Waals surface area contributed by atoms with Crippen molar-refractivity contribution in [2.75, 3.05) is 23.4 Å². The average Bonchev–Trinajstić information content (AvgIpc) is 2.80. The first-order valence-corrected chi connectivity index (χ1v) is 10.4. The SMILES string of the molecule is CCOc1ccc(Oc2ccccc2NC(=O)CN2C(=O)C(C)Oc3ccccc32)cc1. The number of nitrogens with zero attached hydrogens (tertiary/aromatic N) is 1. The van der Waals surface area contributed by atoms with Crippen molar-refractivity contribution >= 4 is 23.2 Å². The molecule has 1 N–H and O–H groups in total. The average molecular weight is 432 g/mol. The molecular weight excluding hydrogens is 408 g/mol. The van der Waals surface area contributed by atoms with Gasteiger partial charge in [-0.3, -0.25) is 14.5 Å². The van der Waals surface area contributed by atoms with Crippen LogP contribution in [0.25, 0.3) is 0 Å². The Labute approximate surface area is 186 Å². The van der Waals surface area contributed by atoms with Crippen molar-refractivity contribution in [2.45, 2.75) is 20.0 Å². The van der Waals surface area contributed by atoms with Gasteiger partial charge in [0.1, 0.15) is 23.8 Å². The highest BCUT2D eigenvalue weighted by molar-refractivity contribution is 6.06. The van der Waals surface area contributed by atoms with E-state index < -0.39 is 6.10 Å². The number of nitrogens with one attached hydrogen (secondary N) is 1. The van der Waals surface area contributed by atoms with Crippen LogP contribution in [-0.4, -0.2) is 31.1 Å². The van der Waals surface area contributed by atoms with Crippen LogP contribution < -0.4 is 24.4 Å². The second-order valence-electron chi connectivity index (χ2n) is 7.20. The number of hydrogen-bond acceptors (Lipinski definition) is 5. The molecule has 0 bridgehead atoms. The van der Waals surface area contributed by atoms with Crippen LogP contribution in [0.3, 0.4) is 0 Å². The Balaban J connectivity index is 1.48. The molecule has 0 spiro atoms. The first-order valence-electron chi connectivity index (χ1n) is 10.4. The minimum atomic E-state index is -0.659. The largest absolute Gasteiger partial charge is 0.494 e. The summed E-state index contributed by atoms with van der Waals surface area (Å²) >= 11 is 0. The lowest BCUT2D eigenvalue weighted by Crippen LogP contribution is -2.47. The van der Waals surface area contributed by atoms with Crippen LogP contribution in [0.2, 0.25) is 0 Å². The zero-order valence-corrected chi connectivity index (χ0v) is 17.9. The standard InChI is InChI=1S/C25H24N2O5/c1-3-30-18-12-14-19(15-13-18)32-22-10-6-4-8-20(22)26-24(28)16-27-21-9-5-7-11-23(21)31-17(2)25(27)29/h4-15,17H,3,16H2,1-2H3,(H,26,28). The second kappa shape index (κ2) is 9.43. The van der Waals surface area contributed by atoms with Gasteiger partial charge in [0.25, 0.3) is 5.91 Å². The molecule has 2 amide bonds. The van der Waals surface area contributed by atoms with Crippen molar-refractivity contribution in [3.05, 3.63) is 72.8 Å². The van der Waals surface area contributed by atoms with Crippen molar-refractivity contribution in [2.24, 2.45) is 0 Å². The lowest BCUT2D eigenvalue weighted by atomic mass is 10.2. The highest BCUT2D eigenvalue weighted by Gasteiger charge is 2.32. The third kappa shape index (κ3) is 4.67. The van der Waals surface area contributed by atoms with Crippen LogP contribution in [-0.2, 0) is 9.59 Å². The highest BCUT2D eigenvalue weighted by atomic mass is 16.5. The predicted octanol–water partition coefficient (Wildman–Crippen LogP) is 4.63. The van der Waals surface area contributed by atoms with Gasteiger partial charge in [-0.2, -0.15) is 0 Å². The summed E-state index contributed by atoms with van der Waals surface area (Å²) in [7, 11) is 0. The first-order chi connectivity index (χ1) is 15.5. The number of hydrogen-bond donors (Lipinski definition) is 1. The van der Waals surface area contributed by atoms with Gasteiger partial charge in [0.15, 0.2) is 11.9 Å². The number of carbonyl (C=O) groups excluding carboxylic acids is 2. The Morgan fingerprint density at radius 1 is 1.00 bits per heavy atom. The van der Waals surface area contributed by atoms with E-state index in [2.05, 4.69) is 5.32 Å². The monoisotopic (exact) mass is 432 g/mol. The number of para-hydroxylation sites is 4. The number of benzene rings is 3. The molecule has 7 heteroatoms. The van der Waals surface area contributed by atoms with Gasteiger partial charge in [0.2, 0.25) is 5.91 Å². The summed E-state index contributed by atoms with van der Waals surface area (Å²) in [6.45, 7) is 4.04. The third-order valence-corrected chi connectivity index (χ3v) is 4.90. The van der Waals surface area contributed by atoms with E-state index in [1.807, 2.05) is 31.2 Å². The van der Waals surface area contributed by atoms with E-state index in [1.54, 1.807) is 55.5 Å². The van der Waals surface area contributed by atoms with E-state index in [0.717, 1.165) is 5.75 Å². The molecule has 1 heterocycles. The Morgan fingerprint density at radius 2 is 1.69 bits per heavy atom. The van der Waals surface area contributed by atoms with Crippen molar-refractivity contribution in [1.29, 1.82) is 0 Å². The smallest absolute Gasteiger partial charge is 0.268 e. The van der Waals surface area contributed by atoms with Gasteiger partial charge in [0, 0.05) is 0 Å². The molecule has 0 aliphatic carbocycles. The van der Waals surface area contributed by atoms with Gasteiger partial charge >= 0.3 is 0 Å². The number of anilines is 2.